The minimum Gasteiger partial charge on any atom is -0.423 e. The van der Waals surface area contributed by atoms with Crippen LogP contribution in [0.15, 0.2) is 41.3 Å². The normalized spacial score (nSPS) is 10.6. The van der Waals surface area contributed by atoms with Crippen LogP contribution in [-0.2, 0) is 19.6 Å². The molecule has 1 aromatic carbocycles. The zero-order valence-electron chi connectivity index (χ0n) is 10.5. The van der Waals surface area contributed by atoms with Gasteiger partial charge in [-0.05, 0) is 31.2 Å². The largest absolute Gasteiger partial charge is 0.423 e. The summed E-state index contributed by atoms with van der Waals surface area (Å²) in [6.45, 7) is 6.02. The Hall–Kier alpha value is -2.15. The second kappa shape index (κ2) is 5.66. The molecule has 6 nitrogen and oxygen atoms in total. The highest BCUT2D eigenvalue weighted by Crippen LogP contribution is 2.16. The summed E-state index contributed by atoms with van der Waals surface area (Å²) in [5.74, 6) is -1.09. The van der Waals surface area contributed by atoms with Gasteiger partial charge in [-0.2, -0.15) is 0 Å². The monoisotopic (exact) mass is 283 g/mol. The molecule has 0 aliphatic rings. The van der Waals surface area contributed by atoms with Crippen molar-refractivity contribution >= 4 is 21.9 Å². The van der Waals surface area contributed by atoms with E-state index >= 15 is 0 Å². The molecule has 0 saturated heterocycles. The fourth-order valence-electron chi connectivity index (χ4n) is 1.13. The number of sulfonamides is 1. The number of ether oxygens (including phenoxy) is 1. The number of hydrogen-bond acceptors (Lipinski definition) is 5. The molecule has 0 bridgehead atoms. The van der Waals surface area contributed by atoms with Crippen LogP contribution in [0.4, 0.5) is 0 Å². The summed E-state index contributed by atoms with van der Waals surface area (Å²) < 4.78 is 30.0. The topological polar surface area (TPSA) is 89.5 Å². The Bertz CT molecular complexity index is 616. The summed E-state index contributed by atoms with van der Waals surface area (Å²) in [5, 5.41) is 0. The first-order valence-corrected chi connectivity index (χ1v) is 6.72. The first-order chi connectivity index (χ1) is 8.72. The maximum atomic E-state index is 11.6. The number of amides is 1. The Morgan fingerprint density at radius 3 is 2.11 bits per heavy atom. The number of hydrogen-bond donors (Lipinski definition) is 1. The number of carbonyl (C=O) groups excluding carboxylic acids is 2. The van der Waals surface area contributed by atoms with Gasteiger partial charge in [-0.25, -0.2) is 17.9 Å². The molecular weight excluding hydrogens is 270 g/mol. The van der Waals surface area contributed by atoms with Crippen molar-refractivity contribution in [3.63, 3.8) is 0 Å². The third kappa shape index (κ3) is 4.22. The van der Waals surface area contributed by atoms with Crippen molar-refractivity contribution in [2.75, 3.05) is 0 Å². The Morgan fingerprint density at radius 1 is 1.16 bits per heavy atom. The van der Waals surface area contributed by atoms with Gasteiger partial charge in [-0.3, -0.25) is 4.79 Å². The van der Waals surface area contributed by atoms with Crippen molar-refractivity contribution in [2.24, 2.45) is 0 Å². The van der Waals surface area contributed by atoms with Gasteiger partial charge >= 0.3 is 5.97 Å². The van der Waals surface area contributed by atoms with Crippen LogP contribution in [0, 0.1) is 0 Å². The van der Waals surface area contributed by atoms with Gasteiger partial charge in [0, 0.05) is 12.5 Å². The van der Waals surface area contributed by atoms with Gasteiger partial charge in [-0.1, -0.05) is 6.58 Å². The molecule has 0 aromatic heterocycles. The van der Waals surface area contributed by atoms with Crippen LogP contribution in [0.1, 0.15) is 13.8 Å². The fraction of sp³-hybridized carbons (Fsp3) is 0.167. The van der Waals surface area contributed by atoms with Crippen molar-refractivity contribution in [3.05, 3.63) is 36.4 Å². The highest BCUT2D eigenvalue weighted by molar-refractivity contribution is 7.90. The van der Waals surface area contributed by atoms with E-state index in [1.807, 2.05) is 4.72 Å². The molecule has 0 aliphatic heterocycles. The Balaban J connectivity index is 2.91. The van der Waals surface area contributed by atoms with E-state index in [4.69, 9.17) is 4.74 Å². The fourth-order valence-corrected chi connectivity index (χ4v) is 2.12. The summed E-state index contributed by atoms with van der Waals surface area (Å²) in [7, 11) is -3.88. The van der Waals surface area contributed by atoms with Gasteiger partial charge in [-0.15, -0.1) is 0 Å². The van der Waals surface area contributed by atoms with E-state index in [9.17, 15) is 18.0 Å². The predicted octanol–water partition coefficient (Wildman–Crippen LogP) is 0.993. The van der Waals surface area contributed by atoms with Crippen LogP contribution in [0.5, 0.6) is 5.75 Å². The second-order valence-electron chi connectivity index (χ2n) is 3.80. The van der Waals surface area contributed by atoms with E-state index in [1.54, 1.807) is 0 Å². The van der Waals surface area contributed by atoms with Crippen LogP contribution in [0.25, 0.3) is 0 Å². The number of esters is 1. The summed E-state index contributed by atoms with van der Waals surface area (Å²) in [6.07, 6.45) is 0. The maximum Gasteiger partial charge on any atom is 0.338 e. The molecule has 0 aliphatic carbocycles. The first kappa shape index (κ1) is 14.9. The quantitative estimate of drug-likeness (QED) is 0.505. The van der Waals surface area contributed by atoms with E-state index in [2.05, 4.69) is 6.58 Å². The molecule has 0 atom stereocenters. The van der Waals surface area contributed by atoms with Crippen molar-refractivity contribution in [1.29, 1.82) is 0 Å². The van der Waals surface area contributed by atoms with Crippen molar-refractivity contribution < 1.29 is 22.7 Å². The lowest BCUT2D eigenvalue weighted by atomic mass is 10.3. The molecule has 1 N–H and O–H groups in total. The second-order valence-corrected chi connectivity index (χ2v) is 5.49. The SMILES string of the molecule is C=C(C)C(=O)Oc1ccc(S(=O)(=O)NC(C)=O)cc1. The van der Waals surface area contributed by atoms with Gasteiger partial charge in [0.05, 0.1) is 4.90 Å². The summed E-state index contributed by atoms with van der Waals surface area (Å²) in [5.41, 5.74) is 0.231. The van der Waals surface area contributed by atoms with E-state index < -0.39 is 21.9 Å². The highest BCUT2D eigenvalue weighted by atomic mass is 32.2. The average Bonchev–Trinajstić information content (AvgIpc) is 2.27. The molecule has 0 radical (unpaired) electrons. The van der Waals surface area contributed by atoms with E-state index in [0.717, 1.165) is 6.92 Å². The van der Waals surface area contributed by atoms with Gasteiger partial charge < -0.3 is 4.74 Å². The molecule has 1 aromatic rings. The predicted molar refractivity (Wildman–Crippen MR) is 67.9 cm³/mol. The van der Waals surface area contributed by atoms with Crippen molar-refractivity contribution in [2.45, 2.75) is 18.7 Å². The highest BCUT2D eigenvalue weighted by Gasteiger charge is 2.15. The van der Waals surface area contributed by atoms with Crippen LogP contribution < -0.4 is 9.46 Å². The number of nitrogens with one attached hydrogen (secondary N) is 1. The third-order valence-electron chi connectivity index (χ3n) is 1.97. The molecule has 1 rings (SSSR count). The average molecular weight is 283 g/mol. The molecule has 0 heterocycles. The molecule has 0 saturated carbocycles. The Morgan fingerprint density at radius 2 is 1.68 bits per heavy atom. The lowest BCUT2D eigenvalue weighted by molar-refractivity contribution is -0.130. The standard InChI is InChI=1S/C12H13NO5S/c1-8(2)12(15)18-10-4-6-11(7-5-10)19(16,17)13-9(3)14/h4-7H,1H2,2-3H3,(H,13,14). The molecule has 0 unspecified atom stereocenters. The molecule has 102 valence electrons. The van der Waals surface area contributed by atoms with Crippen LogP contribution in [0.2, 0.25) is 0 Å². The Kier molecular flexibility index (Phi) is 4.44. The van der Waals surface area contributed by atoms with Crippen molar-refractivity contribution in [1.82, 2.24) is 4.72 Å². The number of benzene rings is 1. The van der Waals surface area contributed by atoms with E-state index in [0.29, 0.717) is 0 Å². The number of rotatable bonds is 4. The zero-order valence-corrected chi connectivity index (χ0v) is 11.3. The van der Waals surface area contributed by atoms with Gasteiger partial charge in [0.1, 0.15) is 5.75 Å². The molecule has 19 heavy (non-hydrogen) atoms. The van der Waals surface area contributed by atoms with Gasteiger partial charge in [0.2, 0.25) is 5.91 Å². The smallest absolute Gasteiger partial charge is 0.338 e. The molecular formula is C12H13NO5S. The molecule has 0 fully saturated rings. The Labute approximate surface area is 111 Å². The van der Waals surface area contributed by atoms with Gasteiger partial charge in [0.25, 0.3) is 10.0 Å². The van der Waals surface area contributed by atoms with Crippen LogP contribution >= 0.6 is 0 Å². The van der Waals surface area contributed by atoms with Crippen molar-refractivity contribution in [3.8, 4) is 5.75 Å². The minimum atomic E-state index is -3.88. The molecule has 7 heteroatoms. The molecule has 0 spiro atoms. The lowest BCUT2D eigenvalue weighted by Crippen LogP contribution is -2.28. The summed E-state index contributed by atoms with van der Waals surface area (Å²) >= 11 is 0. The maximum absolute atomic E-state index is 11.6. The van der Waals surface area contributed by atoms with Gasteiger partial charge in [0.15, 0.2) is 0 Å². The molecule has 1 amide bonds. The number of carbonyl (C=O) groups is 2. The zero-order chi connectivity index (χ0) is 14.6. The first-order valence-electron chi connectivity index (χ1n) is 5.23. The van der Waals surface area contributed by atoms with E-state index in [1.165, 1.54) is 31.2 Å². The summed E-state index contributed by atoms with van der Waals surface area (Å²) in [6, 6.07) is 5.09. The minimum absolute atomic E-state index is 0.0992. The van der Waals surface area contributed by atoms with Crippen LogP contribution in [-0.4, -0.2) is 20.3 Å². The lowest BCUT2D eigenvalue weighted by Gasteiger charge is -2.06. The summed E-state index contributed by atoms with van der Waals surface area (Å²) in [4.78, 5) is 21.9. The van der Waals surface area contributed by atoms with Crippen LogP contribution in [0.3, 0.4) is 0 Å². The third-order valence-corrected chi connectivity index (χ3v) is 3.42. The van der Waals surface area contributed by atoms with E-state index in [-0.39, 0.29) is 16.2 Å².